The Bertz CT molecular complexity index is 1480. The number of nitrogens with one attached hydrogen (secondary N) is 1. The second-order valence-corrected chi connectivity index (χ2v) is 26.1. The van der Waals surface area contributed by atoms with E-state index < -0.39 is 58.4 Å². The minimum absolute atomic E-state index is 0.0806. The standard InChI is InChI=1S/C37H59N3O8Si2/c1-24-14-12-18-38-30(43)17-16-25(2)33(26(3)23-41)47-35(45)29-15-13-19-40(29)34(44)32-36(49(7,8)9)46-31(39-32)22-27(42)21-28(20-24)48-50(10,11)37(4,5)6/h12,14,16-17,20,25-26,28-29,33,41H,13,15,18-19,21-23H2,1-11H3,(H,38,43)/b14-12+,17-16+,24-20+/t25-,26-,28?,29-,33+/m1/s1. The summed E-state index contributed by atoms with van der Waals surface area (Å²) in [4.78, 5) is 60.2. The van der Waals surface area contributed by atoms with Crippen molar-refractivity contribution in [1.82, 2.24) is 15.2 Å². The number of aliphatic hydroxyl groups is 1. The molecule has 1 unspecified atom stereocenters. The molecule has 0 spiro atoms. The van der Waals surface area contributed by atoms with Gasteiger partial charge < -0.3 is 28.9 Å². The highest BCUT2D eigenvalue weighted by Crippen LogP contribution is 2.38. The van der Waals surface area contributed by atoms with Crippen molar-refractivity contribution < 1.29 is 37.9 Å². The van der Waals surface area contributed by atoms with Gasteiger partial charge in [0.1, 0.15) is 31.4 Å². The van der Waals surface area contributed by atoms with Crippen LogP contribution in [0.25, 0.3) is 0 Å². The van der Waals surface area contributed by atoms with E-state index in [1.807, 2.05) is 51.7 Å². The number of Topliss-reactive ketones (excluding diaryl/α,β-unsaturated/α-hetero) is 1. The van der Waals surface area contributed by atoms with Gasteiger partial charge in [-0.15, -0.1) is 0 Å². The number of cyclic esters (lactones) is 1. The third-order valence-electron chi connectivity index (χ3n) is 9.76. The van der Waals surface area contributed by atoms with Crippen LogP contribution >= 0.6 is 0 Å². The number of nitrogens with zero attached hydrogens (tertiary/aromatic N) is 2. The van der Waals surface area contributed by atoms with Crippen LogP contribution in [0.3, 0.4) is 0 Å². The Labute approximate surface area is 300 Å². The van der Waals surface area contributed by atoms with Crippen molar-refractivity contribution in [3.05, 3.63) is 47.5 Å². The number of fused-ring (bicyclic) bond motifs is 3. The van der Waals surface area contributed by atoms with Gasteiger partial charge in [0.05, 0.1) is 12.5 Å². The van der Waals surface area contributed by atoms with Crippen LogP contribution in [-0.2, 0) is 30.0 Å². The number of aliphatic hydroxyl groups excluding tert-OH is 1. The van der Waals surface area contributed by atoms with Crippen LogP contribution in [0.15, 0.2) is 40.4 Å². The summed E-state index contributed by atoms with van der Waals surface area (Å²) in [5, 5.41) is 13.2. The summed E-state index contributed by atoms with van der Waals surface area (Å²) in [5.74, 6) is -2.09. The SMILES string of the molecule is CC1=C\C(O[Si](C)(C)C(C)(C)C)CC(=O)Cc2nc(c([Si](C)(C)C)o2)C(=O)N2CCC[C@@H]2C(=O)O[C@H]([C@H](C)CO)[C@H](C)/C=C/C(=O)NC\C=C\1. The summed E-state index contributed by atoms with van der Waals surface area (Å²) < 4.78 is 18.9. The van der Waals surface area contributed by atoms with E-state index in [9.17, 15) is 24.3 Å². The van der Waals surface area contributed by atoms with Crippen LogP contribution in [0.2, 0.25) is 37.8 Å². The molecule has 13 heteroatoms. The fourth-order valence-corrected chi connectivity index (χ4v) is 8.42. The summed E-state index contributed by atoms with van der Waals surface area (Å²) in [6.45, 7) is 22.8. The quantitative estimate of drug-likeness (QED) is 0.313. The number of hydrogen-bond acceptors (Lipinski definition) is 9. The largest absolute Gasteiger partial charge is 0.460 e. The molecule has 3 heterocycles. The number of allylic oxidation sites excluding steroid dienone is 2. The van der Waals surface area contributed by atoms with E-state index in [1.54, 1.807) is 13.0 Å². The summed E-state index contributed by atoms with van der Waals surface area (Å²) in [6, 6.07) is -0.844. The van der Waals surface area contributed by atoms with Crippen molar-refractivity contribution in [3.8, 4) is 0 Å². The number of carbonyl (C=O) groups is 4. The summed E-state index contributed by atoms with van der Waals surface area (Å²) in [7, 11) is -4.54. The number of ether oxygens (including phenoxy) is 1. The first kappa shape index (κ1) is 41.3. The number of hydrogen-bond donors (Lipinski definition) is 2. The van der Waals surface area contributed by atoms with Gasteiger partial charge in [-0.3, -0.25) is 14.4 Å². The van der Waals surface area contributed by atoms with E-state index >= 15 is 0 Å². The first-order valence-corrected chi connectivity index (χ1v) is 24.2. The van der Waals surface area contributed by atoms with Gasteiger partial charge in [0.15, 0.2) is 14.0 Å². The highest BCUT2D eigenvalue weighted by Gasteiger charge is 2.42. The topological polar surface area (TPSA) is 148 Å². The zero-order valence-electron chi connectivity index (χ0n) is 31.9. The van der Waals surface area contributed by atoms with E-state index in [0.717, 1.165) is 5.57 Å². The first-order chi connectivity index (χ1) is 23.1. The molecule has 0 saturated carbocycles. The predicted octanol–water partition coefficient (Wildman–Crippen LogP) is 5.08. The van der Waals surface area contributed by atoms with Crippen LogP contribution < -0.4 is 10.7 Å². The highest BCUT2D eigenvalue weighted by molar-refractivity contribution is 6.88. The summed E-state index contributed by atoms with van der Waals surface area (Å²) >= 11 is 0. The average Bonchev–Trinajstić information content (AvgIpc) is 3.67. The van der Waals surface area contributed by atoms with Crippen LogP contribution in [0.5, 0.6) is 0 Å². The zero-order chi connectivity index (χ0) is 37.6. The zero-order valence-corrected chi connectivity index (χ0v) is 33.9. The van der Waals surface area contributed by atoms with E-state index in [0.29, 0.717) is 24.8 Å². The normalized spacial score (nSPS) is 27.1. The van der Waals surface area contributed by atoms with E-state index in [4.69, 9.17) is 13.6 Å². The third kappa shape index (κ3) is 10.9. The molecule has 2 amide bonds. The summed E-state index contributed by atoms with van der Waals surface area (Å²) in [5.41, 5.74) is 1.02. The number of aromatic nitrogens is 1. The van der Waals surface area contributed by atoms with Crippen molar-refractivity contribution in [2.45, 2.75) is 123 Å². The Morgan fingerprint density at radius 3 is 2.42 bits per heavy atom. The molecule has 2 aliphatic rings. The number of rotatable bonds is 5. The van der Waals surface area contributed by atoms with Crippen LogP contribution in [-0.4, -0.2) is 92.9 Å². The minimum Gasteiger partial charge on any atom is -0.460 e. The molecule has 1 saturated heterocycles. The maximum Gasteiger partial charge on any atom is 0.329 e. The average molecular weight is 730 g/mol. The van der Waals surface area contributed by atoms with E-state index in [2.05, 4.69) is 44.2 Å². The molecule has 11 nitrogen and oxygen atoms in total. The molecule has 0 aliphatic carbocycles. The van der Waals surface area contributed by atoms with Crippen LogP contribution in [0.1, 0.15) is 77.2 Å². The molecular formula is C37H59N3O8Si2. The molecule has 2 N–H and O–H groups in total. The number of esters is 1. The molecule has 2 aliphatic heterocycles. The number of carbonyl (C=O) groups excluding carboxylic acids is 4. The molecule has 2 bridgehead atoms. The van der Waals surface area contributed by atoms with Gasteiger partial charge in [0.25, 0.3) is 5.91 Å². The minimum atomic E-state index is -2.27. The van der Waals surface area contributed by atoms with E-state index in [-0.39, 0.29) is 54.3 Å². The Morgan fingerprint density at radius 1 is 1.12 bits per heavy atom. The number of ketones is 1. The van der Waals surface area contributed by atoms with E-state index in [1.165, 1.54) is 11.0 Å². The molecule has 0 aromatic carbocycles. The van der Waals surface area contributed by atoms with Crippen molar-refractivity contribution in [1.29, 1.82) is 0 Å². The van der Waals surface area contributed by atoms with Crippen molar-refractivity contribution in [3.63, 3.8) is 0 Å². The second kappa shape index (κ2) is 16.9. The van der Waals surface area contributed by atoms with Gasteiger partial charge in [0, 0.05) is 38.0 Å². The maximum absolute atomic E-state index is 14.1. The van der Waals surface area contributed by atoms with Crippen LogP contribution in [0.4, 0.5) is 0 Å². The molecule has 50 heavy (non-hydrogen) atoms. The number of amides is 2. The van der Waals surface area contributed by atoms with Crippen molar-refractivity contribution in [2.24, 2.45) is 11.8 Å². The molecule has 5 atom stereocenters. The molecule has 0 radical (unpaired) electrons. The molecule has 1 aromatic rings. The fraction of sp³-hybridized carbons (Fsp3) is 0.649. The van der Waals surface area contributed by atoms with Crippen LogP contribution in [0, 0.1) is 11.8 Å². The summed E-state index contributed by atoms with van der Waals surface area (Å²) in [6.07, 6.45) is 8.51. The lowest BCUT2D eigenvalue weighted by Crippen LogP contribution is -2.48. The number of oxazole rings is 1. The Morgan fingerprint density at radius 2 is 1.80 bits per heavy atom. The lowest BCUT2D eigenvalue weighted by atomic mass is 9.93. The predicted molar refractivity (Wildman–Crippen MR) is 199 cm³/mol. The Hall–Kier alpha value is -3.14. The monoisotopic (exact) mass is 729 g/mol. The third-order valence-corrected chi connectivity index (χ3v) is 16.0. The van der Waals surface area contributed by atoms with Gasteiger partial charge in [0.2, 0.25) is 11.8 Å². The molecular weight excluding hydrogens is 671 g/mol. The lowest BCUT2D eigenvalue weighted by molar-refractivity contribution is -0.159. The smallest absolute Gasteiger partial charge is 0.329 e. The molecule has 1 aromatic heterocycles. The Balaban J connectivity index is 2.07. The Kier molecular flexibility index (Phi) is 14.0. The van der Waals surface area contributed by atoms with Gasteiger partial charge in [-0.25, -0.2) is 9.78 Å². The van der Waals surface area contributed by atoms with Crippen molar-refractivity contribution >= 4 is 45.3 Å². The maximum atomic E-state index is 14.1. The second-order valence-electron chi connectivity index (χ2n) is 16.4. The van der Waals surface area contributed by atoms with Crippen molar-refractivity contribution in [2.75, 3.05) is 19.7 Å². The van der Waals surface area contributed by atoms with Gasteiger partial charge in [-0.1, -0.05) is 84.1 Å². The first-order valence-electron chi connectivity index (χ1n) is 17.8. The molecule has 3 rings (SSSR count). The lowest BCUT2D eigenvalue weighted by Gasteiger charge is -2.38. The molecule has 1 fully saturated rings. The van der Waals surface area contributed by atoms with Gasteiger partial charge >= 0.3 is 5.97 Å². The van der Waals surface area contributed by atoms with Gasteiger partial charge in [-0.05, 0) is 44.0 Å². The fourth-order valence-electron chi connectivity index (χ4n) is 5.86. The van der Waals surface area contributed by atoms with Gasteiger partial charge in [-0.2, -0.15) is 0 Å². The highest BCUT2D eigenvalue weighted by atomic mass is 28.4. The molecule has 278 valence electrons.